The molecule has 1 unspecified atom stereocenters. The van der Waals surface area contributed by atoms with Crippen molar-refractivity contribution in [3.05, 3.63) is 58.6 Å². The van der Waals surface area contributed by atoms with E-state index in [2.05, 4.69) is 5.32 Å². The molecule has 0 spiro atoms. The SMILES string of the molecule is CCCNC(=O)C(CC)N(Cc1cccc(C)c1)C(=O)CN(c1ccc(OC)c(Cl)c1)S(C)(=O)=O. The van der Waals surface area contributed by atoms with Crippen molar-refractivity contribution in [3.8, 4) is 5.75 Å². The molecule has 0 aromatic heterocycles. The summed E-state index contributed by atoms with van der Waals surface area (Å²) in [6.45, 7) is 5.89. The van der Waals surface area contributed by atoms with Gasteiger partial charge in [-0.25, -0.2) is 8.42 Å². The van der Waals surface area contributed by atoms with Crippen molar-refractivity contribution in [2.45, 2.75) is 46.2 Å². The number of amides is 2. The Balaban J connectivity index is 2.45. The second kappa shape index (κ2) is 12.8. The molecular weight excluding hydrogens is 490 g/mol. The molecule has 0 radical (unpaired) electrons. The first kappa shape index (κ1) is 28.5. The predicted molar refractivity (Wildman–Crippen MR) is 139 cm³/mol. The highest BCUT2D eigenvalue weighted by atomic mass is 35.5. The molecule has 8 nitrogen and oxygen atoms in total. The molecule has 0 aliphatic carbocycles. The van der Waals surface area contributed by atoms with E-state index < -0.39 is 28.5 Å². The summed E-state index contributed by atoms with van der Waals surface area (Å²) in [5, 5.41) is 3.07. The molecule has 1 N–H and O–H groups in total. The number of rotatable bonds is 12. The molecule has 2 rings (SSSR count). The van der Waals surface area contributed by atoms with E-state index in [-0.39, 0.29) is 23.2 Å². The van der Waals surface area contributed by atoms with E-state index in [1.54, 1.807) is 0 Å². The molecule has 2 amide bonds. The van der Waals surface area contributed by atoms with Gasteiger partial charge in [-0.1, -0.05) is 55.3 Å². The number of hydrogen-bond acceptors (Lipinski definition) is 5. The van der Waals surface area contributed by atoms with Gasteiger partial charge in [0.2, 0.25) is 21.8 Å². The molecule has 0 aliphatic heterocycles. The van der Waals surface area contributed by atoms with Gasteiger partial charge in [0.15, 0.2) is 0 Å². The quantitative estimate of drug-likeness (QED) is 0.457. The van der Waals surface area contributed by atoms with Crippen molar-refractivity contribution in [3.63, 3.8) is 0 Å². The second-order valence-corrected chi connectivity index (χ2v) is 10.6. The summed E-state index contributed by atoms with van der Waals surface area (Å²) in [7, 11) is -2.39. The van der Waals surface area contributed by atoms with Crippen molar-refractivity contribution < 1.29 is 22.7 Å². The van der Waals surface area contributed by atoms with Crippen LogP contribution in [0.3, 0.4) is 0 Å². The van der Waals surface area contributed by atoms with Crippen LogP contribution >= 0.6 is 11.6 Å². The van der Waals surface area contributed by atoms with Crippen LogP contribution in [0.15, 0.2) is 42.5 Å². The van der Waals surface area contributed by atoms with Gasteiger partial charge in [-0.3, -0.25) is 13.9 Å². The maximum absolute atomic E-state index is 13.6. The van der Waals surface area contributed by atoms with Gasteiger partial charge < -0.3 is 15.0 Å². The minimum absolute atomic E-state index is 0.166. The molecule has 35 heavy (non-hydrogen) atoms. The normalized spacial score (nSPS) is 12.1. The Bertz CT molecular complexity index is 1140. The van der Waals surface area contributed by atoms with Gasteiger partial charge in [0.05, 0.1) is 24.1 Å². The summed E-state index contributed by atoms with van der Waals surface area (Å²) in [6.07, 6.45) is 2.16. The maximum atomic E-state index is 13.6. The topological polar surface area (TPSA) is 96.0 Å². The predicted octanol–water partition coefficient (Wildman–Crippen LogP) is 3.76. The molecule has 0 heterocycles. The van der Waals surface area contributed by atoms with E-state index in [0.29, 0.717) is 18.7 Å². The zero-order valence-corrected chi connectivity index (χ0v) is 22.4. The first-order valence-electron chi connectivity index (χ1n) is 11.5. The Morgan fingerprint density at radius 1 is 1.14 bits per heavy atom. The van der Waals surface area contributed by atoms with E-state index in [4.69, 9.17) is 16.3 Å². The van der Waals surface area contributed by atoms with Crippen molar-refractivity contribution in [1.29, 1.82) is 0 Å². The molecule has 10 heteroatoms. The number of methoxy groups -OCH3 is 1. The summed E-state index contributed by atoms with van der Waals surface area (Å²) in [5.41, 5.74) is 2.09. The molecule has 192 valence electrons. The molecular formula is C25H34ClN3O5S. The highest BCUT2D eigenvalue weighted by Gasteiger charge is 2.31. The number of carbonyl (C=O) groups is 2. The summed E-state index contributed by atoms with van der Waals surface area (Å²) >= 11 is 6.21. The maximum Gasteiger partial charge on any atom is 0.244 e. The smallest absolute Gasteiger partial charge is 0.244 e. The van der Waals surface area contributed by atoms with Crippen LogP contribution in [0.25, 0.3) is 0 Å². The Morgan fingerprint density at radius 3 is 2.40 bits per heavy atom. The summed E-state index contributed by atoms with van der Waals surface area (Å²) < 4.78 is 31.5. The number of aryl methyl sites for hydroxylation is 1. The fourth-order valence-corrected chi connectivity index (χ4v) is 4.81. The van der Waals surface area contributed by atoms with Gasteiger partial charge in [-0.2, -0.15) is 0 Å². The van der Waals surface area contributed by atoms with E-state index in [1.807, 2.05) is 45.0 Å². The number of ether oxygens (including phenoxy) is 1. The number of anilines is 1. The molecule has 0 aliphatic rings. The number of sulfonamides is 1. The first-order chi connectivity index (χ1) is 16.5. The van der Waals surface area contributed by atoms with Crippen LogP contribution in [0.4, 0.5) is 5.69 Å². The third-order valence-electron chi connectivity index (χ3n) is 5.47. The third-order valence-corrected chi connectivity index (χ3v) is 6.91. The molecule has 1 atom stereocenters. The van der Waals surface area contributed by atoms with Crippen LogP contribution < -0.4 is 14.4 Å². The Labute approximate surface area is 213 Å². The van der Waals surface area contributed by atoms with Gasteiger partial charge in [0.25, 0.3) is 0 Å². The van der Waals surface area contributed by atoms with E-state index in [0.717, 1.165) is 28.1 Å². The number of carbonyl (C=O) groups excluding carboxylic acids is 2. The van der Waals surface area contributed by atoms with E-state index in [9.17, 15) is 18.0 Å². The van der Waals surface area contributed by atoms with Crippen LogP contribution in [-0.2, 0) is 26.2 Å². The molecule has 0 saturated heterocycles. The lowest BCUT2D eigenvalue weighted by atomic mass is 10.1. The van der Waals surface area contributed by atoms with Gasteiger partial charge >= 0.3 is 0 Å². The fraction of sp³-hybridized carbons (Fsp3) is 0.440. The number of halogens is 1. The number of hydrogen-bond donors (Lipinski definition) is 1. The molecule has 2 aromatic rings. The fourth-order valence-electron chi connectivity index (χ4n) is 3.72. The average Bonchev–Trinajstić information content (AvgIpc) is 2.80. The van der Waals surface area contributed by atoms with Crippen molar-refractivity contribution in [2.24, 2.45) is 0 Å². The van der Waals surface area contributed by atoms with Gasteiger partial charge in [0, 0.05) is 13.1 Å². The summed E-state index contributed by atoms with van der Waals surface area (Å²) in [4.78, 5) is 28.0. The highest BCUT2D eigenvalue weighted by Crippen LogP contribution is 2.30. The van der Waals surface area contributed by atoms with Crippen molar-refractivity contribution in [1.82, 2.24) is 10.2 Å². The lowest BCUT2D eigenvalue weighted by molar-refractivity contribution is -0.140. The zero-order valence-electron chi connectivity index (χ0n) is 20.9. The Kier molecular flexibility index (Phi) is 10.4. The lowest BCUT2D eigenvalue weighted by Crippen LogP contribution is -2.52. The average molecular weight is 524 g/mol. The monoisotopic (exact) mass is 523 g/mol. The van der Waals surface area contributed by atoms with Crippen LogP contribution in [0.2, 0.25) is 5.02 Å². The third kappa shape index (κ3) is 7.86. The highest BCUT2D eigenvalue weighted by molar-refractivity contribution is 7.92. The standard InChI is InChI=1S/C25H34ClN3O5S/c1-6-13-27-25(31)22(7-2)28(16-19-10-8-9-18(3)14-19)24(30)17-29(35(5,32)33)20-11-12-23(34-4)21(26)15-20/h8-12,14-15,22H,6-7,13,16-17H2,1-5H3,(H,27,31). The largest absolute Gasteiger partial charge is 0.495 e. The van der Waals surface area contributed by atoms with Crippen LogP contribution in [0.1, 0.15) is 37.8 Å². The van der Waals surface area contributed by atoms with E-state index in [1.165, 1.54) is 30.2 Å². The Morgan fingerprint density at radius 2 is 1.86 bits per heavy atom. The van der Waals surface area contributed by atoms with Crippen LogP contribution in [-0.4, -0.2) is 57.6 Å². The first-order valence-corrected chi connectivity index (χ1v) is 13.7. The lowest BCUT2D eigenvalue weighted by Gasteiger charge is -2.33. The summed E-state index contributed by atoms with van der Waals surface area (Å²) in [6, 6.07) is 11.4. The Hall–Kier alpha value is -2.78. The van der Waals surface area contributed by atoms with Crippen LogP contribution in [0.5, 0.6) is 5.75 Å². The molecule has 2 aromatic carbocycles. The molecule has 0 saturated carbocycles. The van der Waals surface area contributed by atoms with E-state index >= 15 is 0 Å². The molecule has 0 bridgehead atoms. The number of nitrogens with one attached hydrogen (secondary N) is 1. The van der Waals surface area contributed by atoms with Gasteiger partial charge in [-0.05, 0) is 43.5 Å². The van der Waals surface area contributed by atoms with Crippen molar-refractivity contribution >= 4 is 39.1 Å². The minimum Gasteiger partial charge on any atom is -0.495 e. The van der Waals surface area contributed by atoms with Crippen molar-refractivity contribution in [2.75, 3.05) is 30.8 Å². The number of nitrogens with zero attached hydrogens (tertiary/aromatic N) is 2. The van der Waals surface area contributed by atoms with Gasteiger partial charge in [0.1, 0.15) is 18.3 Å². The summed E-state index contributed by atoms with van der Waals surface area (Å²) in [5.74, 6) is -0.383. The second-order valence-electron chi connectivity index (χ2n) is 8.31. The minimum atomic E-state index is -3.84. The van der Waals surface area contributed by atoms with Crippen LogP contribution in [0, 0.1) is 6.92 Å². The molecule has 0 fully saturated rings. The zero-order chi connectivity index (χ0) is 26.2. The number of benzene rings is 2. The van der Waals surface area contributed by atoms with Gasteiger partial charge in [-0.15, -0.1) is 0 Å².